The van der Waals surface area contributed by atoms with Gasteiger partial charge in [0.15, 0.2) is 0 Å². The smallest absolute Gasteiger partial charge is 0.254 e. The fourth-order valence-electron chi connectivity index (χ4n) is 3.68. The molecule has 2 heterocycles. The first-order valence-electron chi connectivity index (χ1n) is 10.00. The van der Waals surface area contributed by atoms with E-state index < -0.39 is 6.04 Å². The third-order valence-electron chi connectivity index (χ3n) is 5.29. The Bertz CT molecular complexity index is 1130. The third kappa shape index (κ3) is 4.76. The van der Waals surface area contributed by atoms with Crippen LogP contribution in [-0.2, 0) is 4.74 Å². The Hall–Kier alpha value is -2.42. The molecule has 2 amide bonds. The number of ether oxygens (including phenoxy) is 1. The van der Waals surface area contributed by atoms with Crippen LogP contribution in [0.4, 0.5) is 0 Å². The van der Waals surface area contributed by atoms with E-state index in [9.17, 15) is 9.59 Å². The molecule has 1 aliphatic heterocycles. The van der Waals surface area contributed by atoms with E-state index in [1.807, 2.05) is 11.0 Å². The van der Waals surface area contributed by atoms with E-state index in [1.165, 1.54) is 0 Å². The number of fused-ring (bicyclic) bond motifs is 1. The number of aromatic amines is 1. The van der Waals surface area contributed by atoms with Crippen LogP contribution in [0.3, 0.4) is 0 Å². The highest BCUT2D eigenvalue weighted by Gasteiger charge is 2.23. The predicted octanol–water partition coefficient (Wildman–Crippen LogP) is 4.33. The first-order chi connectivity index (χ1) is 15.0. The van der Waals surface area contributed by atoms with Gasteiger partial charge in [0.25, 0.3) is 11.8 Å². The number of hydrogen-bond acceptors (Lipinski definition) is 4. The van der Waals surface area contributed by atoms with Gasteiger partial charge in [-0.25, -0.2) is 4.98 Å². The van der Waals surface area contributed by atoms with E-state index in [2.05, 4.69) is 31.2 Å². The number of nitrogens with zero attached hydrogens (tertiary/aromatic N) is 2. The quantitative estimate of drug-likeness (QED) is 0.522. The van der Waals surface area contributed by atoms with Gasteiger partial charge in [-0.15, -0.1) is 0 Å². The number of methoxy groups -OCH3 is 1. The zero-order valence-corrected chi connectivity index (χ0v) is 19.3. The van der Waals surface area contributed by atoms with Gasteiger partial charge in [-0.3, -0.25) is 9.59 Å². The van der Waals surface area contributed by atoms with E-state index in [4.69, 9.17) is 16.3 Å². The molecule has 0 aliphatic carbocycles. The van der Waals surface area contributed by atoms with Gasteiger partial charge < -0.3 is 19.9 Å². The summed E-state index contributed by atoms with van der Waals surface area (Å²) in [5, 5.41) is 3.55. The summed E-state index contributed by atoms with van der Waals surface area (Å²) in [5.74, 6) is 0.267. The van der Waals surface area contributed by atoms with Crippen molar-refractivity contribution in [2.24, 2.45) is 0 Å². The highest BCUT2D eigenvalue weighted by atomic mass is 79.9. The van der Waals surface area contributed by atoms with Crippen molar-refractivity contribution in [3.05, 3.63) is 62.8 Å². The Morgan fingerprint density at radius 3 is 2.74 bits per heavy atom. The van der Waals surface area contributed by atoms with E-state index in [-0.39, 0.29) is 18.4 Å². The molecule has 1 aliphatic rings. The predicted molar refractivity (Wildman–Crippen MR) is 122 cm³/mol. The molecule has 2 N–H and O–H groups in total. The minimum absolute atomic E-state index is 0.0190. The van der Waals surface area contributed by atoms with Gasteiger partial charge in [0.05, 0.1) is 23.2 Å². The zero-order chi connectivity index (χ0) is 22.0. The Labute approximate surface area is 193 Å². The number of rotatable bonds is 6. The van der Waals surface area contributed by atoms with Gasteiger partial charge in [0.1, 0.15) is 11.9 Å². The molecule has 31 heavy (non-hydrogen) atoms. The lowest BCUT2D eigenvalue weighted by molar-refractivity contribution is 0.0790. The number of halogens is 2. The molecule has 2 aromatic carbocycles. The van der Waals surface area contributed by atoms with Crippen molar-refractivity contribution in [3.63, 3.8) is 0 Å². The van der Waals surface area contributed by atoms with E-state index in [0.29, 0.717) is 26.4 Å². The molecule has 0 radical (unpaired) electrons. The average molecular weight is 506 g/mol. The van der Waals surface area contributed by atoms with Crippen LogP contribution in [0, 0.1) is 0 Å². The van der Waals surface area contributed by atoms with Crippen molar-refractivity contribution < 1.29 is 14.3 Å². The van der Waals surface area contributed by atoms with Gasteiger partial charge in [-0.05, 0) is 65.2 Å². The summed E-state index contributed by atoms with van der Waals surface area (Å²) >= 11 is 9.50. The summed E-state index contributed by atoms with van der Waals surface area (Å²) in [4.78, 5) is 35.2. The highest BCUT2D eigenvalue weighted by Crippen LogP contribution is 2.24. The van der Waals surface area contributed by atoms with E-state index in [1.54, 1.807) is 37.4 Å². The molecule has 1 saturated heterocycles. The second kappa shape index (κ2) is 9.38. The van der Waals surface area contributed by atoms with Gasteiger partial charge in [0, 0.05) is 35.3 Å². The maximum Gasteiger partial charge on any atom is 0.254 e. The fourth-order valence-corrected chi connectivity index (χ4v) is 4.40. The minimum atomic E-state index is -0.478. The molecule has 1 aromatic heterocycles. The molecular weight excluding hydrogens is 484 g/mol. The van der Waals surface area contributed by atoms with Crippen LogP contribution >= 0.6 is 27.5 Å². The normalized spacial score (nSPS) is 14.7. The second-order valence-electron chi connectivity index (χ2n) is 7.46. The van der Waals surface area contributed by atoms with Crippen LogP contribution in [0.25, 0.3) is 11.0 Å². The van der Waals surface area contributed by atoms with Gasteiger partial charge in [-0.2, -0.15) is 0 Å². The van der Waals surface area contributed by atoms with Crippen LogP contribution in [-0.4, -0.2) is 53.5 Å². The van der Waals surface area contributed by atoms with Crippen molar-refractivity contribution in [1.82, 2.24) is 20.2 Å². The third-order valence-corrected chi connectivity index (χ3v) is 6.18. The number of likely N-dealkylation sites (tertiary alicyclic amines) is 1. The number of nitrogens with one attached hydrogen (secondary N) is 2. The van der Waals surface area contributed by atoms with Crippen molar-refractivity contribution in [1.29, 1.82) is 0 Å². The summed E-state index contributed by atoms with van der Waals surface area (Å²) in [6.45, 7) is 1.79. The number of imidazole rings is 1. The standard InChI is InChI=1S/C22H22BrClN4O3/c1-31-12-19(20-25-17-7-5-14(24)11-18(17)26-20)27-21(29)13-4-6-15(16(23)10-13)22(30)28-8-2-3-9-28/h4-7,10-11,19H,2-3,8-9,12H2,1H3,(H,25,26)(H,27,29)/t19-/m0/s1. The summed E-state index contributed by atoms with van der Waals surface area (Å²) in [6, 6.07) is 9.90. The Kier molecular flexibility index (Phi) is 6.60. The SMILES string of the molecule is COC[C@H](NC(=O)c1ccc(C(=O)N2CCCC2)c(Br)c1)c1nc2ccc(Cl)cc2[nH]1. The highest BCUT2D eigenvalue weighted by molar-refractivity contribution is 9.10. The molecular formula is C22H22BrClN4O3. The summed E-state index contributed by atoms with van der Waals surface area (Å²) < 4.78 is 5.88. The number of hydrogen-bond donors (Lipinski definition) is 2. The van der Waals surface area contributed by atoms with Crippen LogP contribution < -0.4 is 5.32 Å². The van der Waals surface area contributed by atoms with Crippen LogP contribution in [0.5, 0.6) is 0 Å². The molecule has 0 spiro atoms. The summed E-state index contributed by atoms with van der Waals surface area (Å²) in [7, 11) is 1.56. The first-order valence-corrected chi connectivity index (χ1v) is 11.2. The van der Waals surface area contributed by atoms with Gasteiger partial charge >= 0.3 is 0 Å². The monoisotopic (exact) mass is 504 g/mol. The summed E-state index contributed by atoms with van der Waals surface area (Å²) in [6.07, 6.45) is 2.05. The molecule has 9 heteroatoms. The lowest BCUT2D eigenvalue weighted by Crippen LogP contribution is -2.32. The number of benzene rings is 2. The Morgan fingerprint density at radius 1 is 1.26 bits per heavy atom. The number of H-pyrrole nitrogens is 1. The van der Waals surface area contributed by atoms with Crippen LogP contribution in [0.15, 0.2) is 40.9 Å². The minimum Gasteiger partial charge on any atom is -0.382 e. The molecule has 0 bridgehead atoms. The van der Waals surface area contributed by atoms with Crippen molar-refractivity contribution in [3.8, 4) is 0 Å². The lowest BCUT2D eigenvalue weighted by atomic mass is 10.1. The average Bonchev–Trinajstić information content (AvgIpc) is 3.42. The molecule has 4 rings (SSSR count). The van der Waals surface area contributed by atoms with Crippen molar-refractivity contribution in [2.75, 3.05) is 26.8 Å². The Morgan fingerprint density at radius 2 is 2.03 bits per heavy atom. The molecule has 0 saturated carbocycles. The van der Waals surface area contributed by atoms with Crippen LogP contribution in [0.2, 0.25) is 5.02 Å². The lowest BCUT2D eigenvalue weighted by Gasteiger charge is -2.18. The fraction of sp³-hybridized carbons (Fsp3) is 0.318. The second-order valence-corrected chi connectivity index (χ2v) is 8.75. The maximum absolute atomic E-state index is 12.9. The first kappa shape index (κ1) is 21.8. The van der Waals surface area contributed by atoms with Crippen LogP contribution in [0.1, 0.15) is 45.4 Å². The topological polar surface area (TPSA) is 87.3 Å². The van der Waals surface area contributed by atoms with Gasteiger partial charge in [0.2, 0.25) is 0 Å². The molecule has 162 valence electrons. The molecule has 7 nitrogen and oxygen atoms in total. The maximum atomic E-state index is 12.9. The number of amides is 2. The van der Waals surface area contributed by atoms with E-state index in [0.717, 1.165) is 37.0 Å². The largest absolute Gasteiger partial charge is 0.382 e. The van der Waals surface area contributed by atoms with E-state index >= 15 is 0 Å². The van der Waals surface area contributed by atoms with Crippen molar-refractivity contribution in [2.45, 2.75) is 18.9 Å². The number of carbonyl (C=O) groups excluding carboxylic acids is 2. The number of aromatic nitrogens is 2. The van der Waals surface area contributed by atoms with Gasteiger partial charge in [-0.1, -0.05) is 11.6 Å². The Balaban J connectivity index is 1.53. The molecule has 1 atom stereocenters. The molecule has 3 aromatic rings. The van der Waals surface area contributed by atoms with Crippen molar-refractivity contribution >= 4 is 50.4 Å². The number of carbonyl (C=O) groups is 2. The molecule has 1 fully saturated rings. The summed E-state index contributed by atoms with van der Waals surface area (Å²) in [5.41, 5.74) is 2.53. The molecule has 0 unspecified atom stereocenters. The zero-order valence-electron chi connectivity index (χ0n) is 17.0.